The van der Waals surface area contributed by atoms with Crippen molar-refractivity contribution in [2.45, 2.75) is 38.1 Å². The fraction of sp³-hybridized carbons (Fsp3) is 0.500. The van der Waals surface area contributed by atoms with Gasteiger partial charge in [0, 0.05) is 16.5 Å². The third-order valence-corrected chi connectivity index (χ3v) is 4.36. The van der Waals surface area contributed by atoms with Gasteiger partial charge in [-0.05, 0) is 37.6 Å². The summed E-state index contributed by atoms with van der Waals surface area (Å²) in [5.74, 6) is 2.31. The van der Waals surface area contributed by atoms with E-state index in [0.29, 0.717) is 12.5 Å². The molecule has 1 unspecified atom stereocenters. The Morgan fingerprint density at radius 2 is 2.24 bits per heavy atom. The lowest BCUT2D eigenvalue weighted by Crippen LogP contribution is -2.18. The summed E-state index contributed by atoms with van der Waals surface area (Å²) in [4.78, 5) is 4.55. The molecule has 3 heterocycles. The van der Waals surface area contributed by atoms with Crippen LogP contribution in [0.25, 0.3) is 11.5 Å². The molecule has 1 aromatic carbocycles. The smallest absolute Gasteiger partial charge is 0.257 e. The van der Waals surface area contributed by atoms with Crippen molar-refractivity contribution in [2.75, 3.05) is 13.2 Å². The van der Waals surface area contributed by atoms with E-state index < -0.39 is 0 Å². The van der Waals surface area contributed by atoms with Crippen molar-refractivity contribution in [1.82, 2.24) is 15.5 Å². The molecular formula is C16H19N3O2. The molecular weight excluding hydrogens is 266 g/mol. The van der Waals surface area contributed by atoms with Crippen LogP contribution in [0.15, 0.2) is 22.7 Å². The normalized spacial score (nSPS) is 23.0. The molecule has 4 rings (SSSR count). The van der Waals surface area contributed by atoms with Crippen LogP contribution in [0.4, 0.5) is 0 Å². The topological polar surface area (TPSA) is 60.2 Å². The first-order chi connectivity index (χ1) is 10.1. The van der Waals surface area contributed by atoms with E-state index in [9.17, 15) is 0 Å². The molecule has 1 fully saturated rings. The van der Waals surface area contributed by atoms with Crippen molar-refractivity contribution in [3.63, 3.8) is 0 Å². The Morgan fingerprint density at radius 3 is 3.05 bits per heavy atom. The Bertz CT molecular complexity index is 672. The van der Waals surface area contributed by atoms with Crippen LogP contribution in [0.3, 0.4) is 0 Å². The SMILES string of the molecule is CC1(C)COc2ccc(-c3nc(C4CCCN4)no3)cc21. The minimum Gasteiger partial charge on any atom is -0.492 e. The van der Waals surface area contributed by atoms with Crippen molar-refractivity contribution >= 4 is 0 Å². The van der Waals surface area contributed by atoms with Gasteiger partial charge in [-0.1, -0.05) is 19.0 Å². The summed E-state index contributed by atoms with van der Waals surface area (Å²) < 4.78 is 11.2. The molecule has 110 valence electrons. The van der Waals surface area contributed by atoms with Crippen LogP contribution < -0.4 is 10.1 Å². The number of rotatable bonds is 2. The molecule has 5 heteroatoms. The summed E-state index contributed by atoms with van der Waals surface area (Å²) >= 11 is 0. The second-order valence-corrected chi connectivity index (χ2v) is 6.49. The van der Waals surface area contributed by atoms with Crippen molar-refractivity contribution in [1.29, 1.82) is 0 Å². The van der Waals surface area contributed by atoms with Gasteiger partial charge in [-0.2, -0.15) is 4.98 Å². The van der Waals surface area contributed by atoms with E-state index in [2.05, 4.69) is 35.4 Å². The minimum absolute atomic E-state index is 0.0290. The Kier molecular flexibility index (Phi) is 2.79. The number of hydrogen-bond donors (Lipinski definition) is 1. The lowest BCUT2D eigenvalue weighted by atomic mass is 9.86. The van der Waals surface area contributed by atoms with E-state index in [-0.39, 0.29) is 11.5 Å². The molecule has 0 spiro atoms. The Balaban J connectivity index is 1.68. The summed E-state index contributed by atoms with van der Waals surface area (Å²) in [6.07, 6.45) is 2.24. The molecule has 5 nitrogen and oxygen atoms in total. The third-order valence-electron chi connectivity index (χ3n) is 4.36. The van der Waals surface area contributed by atoms with Crippen LogP contribution in [0.1, 0.15) is 44.1 Å². The lowest BCUT2D eigenvalue weighted by Gasteiger charge is -2.15. The van der Waals surface area contributed by atoms with Gasteiger partial charge in [0.2, 0.25) is 0 Å². The van der Waals surface area contributed by atoms with Gasteiger partial charge in [-0.3, -0.25) is 0 Å². The predicted molar refractivity (Wildman–Crippen MR) is 78.2 cm³/mol. The van der Waals surface area contributed by atoms with E-state index in [0.717, 1.165) is 30.1 Å². The van der Waals surface area contributed by atoms with Crippen molar-refractivity contribution in [2.24, 2.45) is 0 Å². The maximum absolute atomic E-state index is 5.71. The molecule has 2 aliphatic rings. The van der Waals surface area contributed by atoms with Gasteiger partial charge >= 0.3 is 0 Å². The molecule has 2 aliphatic heterocycles. The minimum atomic E-state index is 0.0290. The molecule has 0 amide bonds. The standard InChI is InChI=1S/C16H19N3O2/c1-16(2)9-20-13-6-5-10(8-11(13)16)15-18-14(19-21-15)12-4-3-7-17-12/h5-6,8,12,17H,3-4,7,9H2,1-2H3. The number of nitrogens with one attached hydrogen (secondary N) is 1. The van der Waals surface area contributed by atoms with Crippen molar-refractivity contribution in [3.8, 4) is 17.2 Å². The molecule has 1 aromatic heterocycles. The molecule has 21 heavy (non-hydrogen) atoms. The predicted octanol–water partition coefficient (Wildman–Crippen LogP) is 2.83. The zero-order chi connectivity index (χ0) is 14.4. The highest BCUT2D eigenvalue weighted by Crippen LogP contribution is 2.40. The maximum atomic E-state index is 5.71. The Hall–Kier alpha value is -1.88. The number of fused-ring (bicyclic) bond motifs is 1. The fourth-order valence-corrected chi connectivity index (χ4v) is 3.05. The zero-order valence-electron chi connectivity index (χ0n) is 12.3. The summed E-state index contributed by atoms with van der Waals surface area (Å²) in [6.45, 7) is 6.11. The van der Waals surface area contributed by atoms with Crippen LogP contribution in [0, 0.1) is 0 Å². The van der Waals surface area contributed by atoms with E-state index in [1.807, 2.05) is 12.1 Å². The number of nitrogens with zero attached hydrogens (tertiary/aromatic N) is 2. The van der Waals surface area contributed by atoms with E-state index in [4.69, 9.17) is 9.26 Å². The molecule has 1 N–H and O–H groups in total. The van der Waals surface area contributed by atoms with Gasteiger partial charge in [-0.25, -0.2) is 0 Å². The molecule has 1 saturated heterocycles. The second-order valence-electron chi connectivity index (χ2n) is 6.49. The highest BCUT2D eigenvalue weighted by Gasteiger charge is 2.32. The van der Waals surface area contributed by atoms with E-state index in [1.165, 1.54) is 12.0 Å². The van der Waals surface area contributed by atoms with Gasteiger partial charge < -0.3 is 14.6 Å². The largest absolute Gasteiger partial charge is 0.492 e. The number of ether oxygens (including phenoxy) is 1. The zero-order valence-corrected chi connectivity index (χ0v) is 12.3. The van der Waals surface area contributed by atoms with Gasteiger partial charge in [0.15, 0.2) is 5.82 Å². The second kappa shape index (κ2) is 4.56. The van der Waals surface area contributed by atoms with Gasteiger partial charge in [0.05, 0.1) is 12.6 Å². The molecule has 2 aromatic rings. The van der Waals surface area contributed by atoms with Crippen LogP contribution >= 0.6 is 0 Å². The number of aromatic nitrogens is 2. The molecule has 0 bridgehead atoms. The van der Waals surface area contributed by atoms with E-state index >= 15 is 0 Å². The quantitative estimate of drug-likeness (QED) is 0.919. The Morgan fingerprint density at radius 1 is 1.33 bits per heavy atom. The van der Waals surface area contributed by atoms with Crippen LogP contribution in [-0.4, -0.2) is 23.3 Å². The summed E-state index contributed by atoms with van der Waals surface area (Å²) in [5.41, 5.74) is 2.20. The number of benzene rings is 1. The maximum Gasteiger partial charge on any atom is 0.257 e. The first-order valence-electron chi connectivity index (χ1n) is 7.48. The first-order valence-corrected chi connectivity index (χ1v) is 7.48. The average molecular weight is 285 g/mol. The summed E-state index contributed by atoms with van der Waals surface area (Å²) in [7, 11) is 0. The van der Waals surface area contributed by atoms with Crippen molar-refractivity contribution in [3.05, 3.63) is 29.6 Å². The summed E-state index contributed by atoms with van der Waals surface area (Å²) in [5, 5.41) is 7.51. The van der Waals surface area contributed by atoms with Crippen LogP contribution in [0.5, 0.6) is 5.75 Å². The molecule has 1 atom stereocenters. The molecule has 0 saturated carbocycles. The fourth-order valence-electron chi connectivity index (χ4n) is 3.05. The first kappa shape index (κ1) is 12.8. The van der Waals surface area contributed by atoms with Crippen LogP contribution in [-0.2, 0) is 5.41 Å². The third kappa shape index (κ3) is 2.12. The summed E-state index contributed by atoms with van der Waals surface area (Å²) in [6, 6.07) is 6.33. The number of hydrogen-bond acceptors (Lipinski definition) is 5. The molecule has 0 aliphatic carbocycles. The lowest BCUT2D eigenvalue weighted by molar-refractivity contribution is 0.291. The average Bonchev–Trinajstić information content (AvgIpc) is 3.18. The van der Waals surface area contributed by atoms with Gasteiger partial charge in [0.25, 0.3) is 5.89 Å². The van der Waals surface area contributed by atoms with Gasteiger partial charge in [0.1, 0.15) is 5.75 Å². The monoisotopic (exact) mass is 285 g/mol. The van der Waals surface area contributed by atoms with Gasteiger partial charge in [-0.15, -0.1) is 0 Å². The highest BCUT2D eigenvalue weighted by molar-refractivity contribution is 5.59. The molecule has 0 radical (unpaired) electrons. The highest BCUT2D eigenvalue weighted by atomic mass is 16.5. The van der Waals surface area contributed by atoms with Crippen molar-refractivity contribution < 1.29 is 9.26 Å². The van der Waals surface area contributed by atoms with E-state index in [1.54, 1.807) is 0 Å². The Labute approximate surface area is 123 Å². The van der Waals surface area contributed by atoms with Crippen LogP contribution in [0.2, 0.25) is 0 Å².